The summed E-state index contributed by atoms with van der Waals surface area (Å²) in [5.41, 5.74) is 0.619. The van der Waals surface area contributed by atoms with Gasteiger partial charge in [-0.2, -0.15) is 0 Å². The molecule has 2 nitrogen and oxygen atoms in total. The van der Waals surface area contributed by atoms with Crippen LogP contribution in [0.4, 0.5) is 4.39 Å². The normalized spacial score (nSPS) is 24.2. The summed E-state index contributed by atoms with van der Waals surface area (Å²) in [6, 6.07) is 5.51. The summed E-state index contributed by atoms with van der Waals surface area (Å²) in [6.45, 7) is 0.521. The Morgan fingerprint density at radius 1 is 1.50 bits per heavy atom. The first-order chi connectivity index (χ1) is 7.70. The van der Waals surface area contributed by atoms with Crippen molar-refractivity contribution in [2.75, 3.05) is 7.11 Å². The van der Waals surface area contributed by atoms with Crippen LogP contribution in [0.15, 0.2) is 18.2 Å². The minimum Gasteiger partial charge on any atom is -0.381 e. The Balaban J connectivity index is 1.84. The van der Waals surface area contributed by atoms with E-state index in [2.05, 4.69) is 5.32 Å². The fourth-order valence-corrected chi connectivity index (χ4v) is 2.06. The summed E-state index contributed by atoms with van der Waals surface area (Å²) >= 11 is 5.70. The molecule has 1 aliphatic carbocycles. The van der Waals surface area contributed by atoms with Crippen LogP contribution in [-0.2, 0) is 11.3 Å². The molecule has 1 fully saturated rings. The zero-order chi connectivity index (χ0) is 11.5. The largest absolute Gasteiger partial charge is 0.381 e. The maximum Gasteiger partial charge on any atom is 0.146 e. The van der Waals surface area contributed by atoms with Gasteiger partial charge in [-0.25, -0.2) is 4.39 Å². The van der Waals surface area contributed by atoms with E-state index in [0.717, 1.165) is 12.8 Å². The number of rotatable bonds is 4. The standard InChI is InChI=1S/C12H15ClFNO/c1-16-10-5-9(6-10)15-7-8-3-2-4-11(13)12(8)14/h2-4,9-10,15H,5-7H2,1H3. The van der Waals surface area contributed by atoms with Crippen LogP contribution in [0.5, 0.6) is 0 Å². The monoisotopic (exact) mass is 243 g/mol. The van der Waals surface area contributed by atoms with Crippen molar-refractivity contribution in [2.24, 2.45) is 0 Å². The van der Waals surface area contributed by atoms with Crippen LogP contribution < -0.4 is 5.32 Å². The van der Waals surface area contributed by atoms with E-state index in [1.807, 2.05) is 0 Å². The molecule has 1 saturated carbocycles. The molecule has 0 aliphatic heterocycles. The minimum atomic E-state index is -0.320. The molecule has 0 unspecified atom stereocenters. The predicted octanol–water partition coefficient (Wildman–Crippen LogP) is 2.75. The Labute approximate surface area is 99.7 Å². The zero-order valence-corrected chi connectivity index (χ0v) is 9.93. The van der Waals surface area contributed by atoms with Crippen LogP contribution >= 0.6 is 11.6 Å². The molecule has 0 bridgehead atoms. The van der Waals surface area contributed by atoms with Crippen molar-refractivity contribution in [3.8, 4) is 0 Å². The second-order valence-electron chi connectivity index (χ2n) is 4.12. The van der Waals surface area contributed by atoms with E-state index in [9.17, 15) is 4.39 Å². The van der Waals surface area contributed by atoms with Crippen molar-refractivity contribution in [3.63, 3.8) is 0 Å². The number of hydrogen-bond acceptors (Lipinski definition) is 2. The smallest absolute Gasteiger partial charge is 0.146 e. The van der Waals surface area contributed by atoms with Crippen molar-refractivity contribution in [3.05, 3.63) is 34.6 Å². The Kier molecular flexibility index (Phi) is 3.79. The first-order valence-electron chi connectivity index (χ1n) is 5.39. The Morgan fingerprint density at radius 2 is 2.25 bits per heavy atom. The Hall–Kier alpha value is -0.640. The van der Waals surface area contributed by atoms with Crippen molar-refractivity contribution in [1.29, 1.82) is 0 Å². The third kappa shape index (κ3) is 2.54. The van der Waals surface area contributed by atoms with E-state index in [-0.39, 0.29) is 10.8 Å². The molecule has 0 aromatic heterocycles. The van der Waals surface area contributed by atoms with E-state index < -0.39 is 0 Å². The van der Waals surface area contributed by atoms with Gasteiger partial charge in [-0.15, -0.1) is 0 Å². The SMILES string of the molecule is COC1CC(NCc2cccc(Cl)c2F)C1. The molecule has 4 heteroatoms. The molecule has 0 saturated heterocycles. The molecule has 1 aromatic carbocycles. The molecule has 0 heterocycles. The average molecular weight is 244 g/mol. The second kappa shape index (κ2) is 5.13. The maximum absolute atomic E-state index is 13.5. The van der Waals surface area contributed by atoms with Gasteiger partial charge in [0.15, 0.2) is 0 Å². The molecule has 0 spiro atoms. The first-order valence-corrected chi connectivity index (χ1v) is 5.77. The van der Waals surface area contributed by atoms with E-state index >= 15 is 0 Å². The van der Waals surface area contributed by atoms with Gasteiger partial charge < -0.3 is 10.1 Å². The Bertz CT molecular complexity index is 366. The van der Waals surface area contributed by atoms with E-state index in [4.69, 9.17) is 16.3 Å². The van der Waals surface area contributed by atoms with Crippen LogP contribution in [0.3, 0.4) is 0 Å². The van der Waals surface area contributed by atoms with Crippen LogP contribution in [0, 0.1) is 5.82 Å². The summed E-state index contributed by atoms with van der Waals surface area (Å²) in [4.78, 5) is 0. The molecule has 1 aromatic rings. The fraction of sp³-hybridized carbons (Fsp3) is 0.500. The van der Waals surface area contributed by atoms with Crippen molar-refractivity contribution in [1.82, 2.24) is 5.32 Å². The van der Waals surface area contributed by atoms with Crippen LogP contribution in [0.2, 0.25) is 5.02 Å². The summed E-state index contributed by atoms with van der Waals surface area (Å²) in [6.07, 6.45) is 2.36. The molecule has 1 aliphatic rings. The molecule has 0 amide bonds. The van der Waals surface area contributed by atoms with Gasteiger partial charge in [-0.1, -0.05) is 23.7 Å². The minimum absolute atomic E-state index is 0.183. The number of benzene rings is 1. The first kappa shape index (κ1) is 11.8. The number of halogens is 2. The lowest BCUT2D eigenvalue weighted by Crippen LogP contribution is -2.44. The average Bonchev–Trinajstić information content (AvgIpc) is 2.22. The fourth-order valence-electron chi connectivity index (χ4n) is 1.86. The van der Waals surface area contributed by atoms with Gasteiger partial charge in [0.05, 0.1) is 11.1 Å². The van der Waals surface area contributed by atoms with Gasteiger partial charge in [0.25, 0.3) is 0 Å². The topological polar surface area (TPSA) is 21.3 Å². The van der Waals surface area contributed by atoms with Gasteiger partial charge in [-0.05, 0) is 18.9 Å². The van der Waals surface area contributed by atoms with Crippen LogP contribution in [0.1, 0.15) is 18.4 Å². The van der Waals surface area contributed by atoms with Gasteiger partial charge >= 0.3 is 0 Å². The number of methoxy groups -OCH3 is 1. The van der Waals surface area contributed by atoms with Gasteiger partial charge in [0.2, 0.25) is 0 Å². The molecule has 16 heavy (non-hydrogen) atoms. The van der Waals surface area contributed by atoms with E-state index in [1.165, 1.54) is 0 Å². The molecule has 0 radical (unpaired) electrons. The number of nitrogens with one attached hydrogen (secondary N) is 1. The van der Waals surface area contributed by atoms with Crippen LogP contribution in [0.25, 0.3) is 0 Å². The highest BCUT2D eigenvalue weighted by Gasteiger charge is 2.28. The van der Waals surface area contributed by atoms with Gasteiger partial charge in [0.1, 0.15) is 5.82 Å². The highest BCUT2D eigenvalue weighted by Crippen LogP contribution is 2.23. The van der Waals surface area contributed by atoms with Crippen molar-refractivity contribution >= 4 is 11.6 Å². The highest BCUT2D eigenvalue weighted by atomic mass is 35.5. The summed E-state index contributed by atoms with van der Waals surface area (Å²) in [5.74, 6) is -0.320. The third-order valence-electron chi connectivity index (χ3n) is 3.04. The molecule has 2 rings (SSSR count). The van der Waals surface area contributed by atoms with E-state index in [0.29, 0.717) is 24.3 Å². The number of ether oxygens (including phenoxy) is 1. The lowest BCUT2D eigenvalue weighted by molar-refractivity contribution is 0.0169. The lowest BCUT2D eigenvalue weighted by Gasteiger charge is -2.34. The van der Waals surface area contributed by atoms with Gasteiger partial charge in [0, 0.05) is 25.3 Å². The third-order valence-corrected chi connectivity index (χ3v) is 3.33. The predicted molar refractivity (Wildman–Crippen MR) is 62.1 cm³/mol. The van der Waals surface area contributed by atoms with Crippen molar-refractivity contribution in [2.45, 2.75) is 31.5 Å². The Morgan fingerprint density at radius 3 is 2.94 bits per heavy atom. The molecule has 1 N–H and O–H groups in total. The summed E-state index contributed by atoms with van der Waals surface area (Å²) in [7, 11) is 1.72. The van der Waals surface area contributed by atoms with Gasteiger partial charge in [-0.3, -0.25) is 0 Å². The molecule has 0 atom stereocenters. The summed E-state index contributed by atoms with van der Waals surface area (Å²) in [5, 5.41) is 3.47. The summed E-state index contributed by atoms with van der Waals surface area (Å²) < 4.78 is 18.7. The van der Waals surface area contributed by atoms with E-state index in [1.54, 1.807) is 25.3 Å². The van der Waals surface area contributed by atoms with Crippen molar-refractivity contribution < 1.29 is 9.13 Å². The molecule has 88 valence electrons. The van der Waals surface area contributed by atoms with Crippen LogP contribution in [-0.4, -0.2) is 19.3 Å². The molecular formula is C12H15ClFNO. The number of hydrogen-bond donors (Lipinski definition) is 1. The quantitative estimate of drug-likeness (QED) is 0.878. The second-order valence-corrected chi connectivity index (χ2v) is 4.53. The lowest BCUT2D eigenvalue weighted by atomic mass is 9.89. The highest BCUT2D eigenvalue weighted by molar-refractivity contribution is 6.30. The zero-order valence-electron chi connectivity index (χ0n) is 9.17. The molecular weight excluding hydrogens is 229 g/mol. The maximum atomic E-state index is 13.5.